The van der Waals surface area contributed by atoms with Crippen molar-refractivity contribution in [3.63, 3.8) is 0 Å². The number of rotatable bonds is 2. The van der Waals surface area contributed by atoms with E-state index in [2.05, 4.69) is 47.6 Å². The summed E-state index contributed by atoms with van der Waals surface area (Å²) in [7, 11) is 0. The minimum Gasteiger partial charge on any atom is -0.378 e. The Balaban J connectivity index is 1.58. The molecule has 2 atom stereocenters. The average molecular weight is 392 g/mol. The first-order chi connectivity index (χ1) is 13.6. The lowest BCUT2D eigenvalue weighted by atomic mass is 9.88. The van der Waals surface area contributed by atoms with Gasteiger partial charge in [-0.2, -0.15) is 0 Å². The van der Waals surface area contributed by atoms with Gasteiger partial charge in [0.25, 0.3) is 0 Å². The number of halogens is 1. The van der Waals surface area contributed by atoms with Crippen molar-refractivity contribution in [2.24, 2.45) is 0 Å². The zero-order chi connectivity index (χ0) is 19.3. The molecule has 5 heteroatoms. The Hall–Kier alpha value is -2.59. The van der Waals surface area contributed by atoms with Crippen LogP contribution in [-0.2, 0) is 4.79 Å². The number of hydrogen-bond acceptors (Lipinski definition) is 3. The molecule has 5 rings (SSSR count). The van der Waals surface area contributed by atoms with Crippen molar-refractivity contribution in [3.05, 3.63) is 70.4 Å². The van der Waals surface area contributed by atoms with Crippen LogP contribution in [0.4, 0.5) is 5.69 Å². The number of amides is 1. The number of para-hydroxylation sites is 1. The van der Waals surface area contributed by atoms with Crippen molar-refractivity contribution in [2.75, 3.05) is 11.9 Å². The summed E-state index contributed by atoms with van der Waals surface area (Å²) in [5, 5.41) is 5.26. The maximum atomic E-state index is 12.5. The molecule has 1 aromatic heterocycles. The van der Waals surface area contributed by atoms with E-state index < -0.39 is 0 Å². The maximum Gasteiger partial charge on any atom is 0.223 e. The van der Waals surface area contributed by atoms with Crippen molar-refractivity contribution in [2.45, 2.75) is 38.3 Å². The van der Waals surface area contributed by atoms with Crippen LogP contribution in [-0.4, -0.2) is 22.3 Å². The number of carbonyl (C=O) groups excluding carboxylic acids is 1. The fourth-order valence-electron chi connectivity index (χ4n) is 4.55. The number of anilines is 1. The molecule has 1 saturated heterocycles. The molecule has 0 bridgehead atoms. The van der Waals surface area contributed by atoms with Crippen LogP contribution in [0.1, 0.15) is 48.0 Å². The van der Waals surface area contributed by atoms with E-state index in [1.165, 1.54) is 11.1 Å². The number of aromatic nitrogens is 1. The molecular weight excluding hydrogens is 370 g/mol. The number of benzene rings is 2. The SMILES string of the molecule is Cc1ccc2nc(Cl)c([C@H]3C[C@@H](N4CCCC4=O)c4ccccc4N3)cc2c1. The van der Waals surface area contributed by atoms with Gasteiger partial charge in [-0.15, -0.1) is 0 Å². The molecule has 0 saturated carbocycles. The quantitative estimate of drug-likeness (QED) is 0.593. The topological polar surface area (TPSA) is 45.2 Å². The third-order valence-corrected chi connectivity index (χ3v) is 6.22. The molecule has 4 nitrogen and oxygen atoms in total. The number of fused-ring (bicyclic) bond motifs is 2. The maximum absolute atomic E-state index is 12.5. The highest BCUT2D eigenvalue weighted by Gasteiger charge is 2.36. The Morgan fingerprint density at radius 2 is 2.00 bits per heavy atom. The van der Waals surface area contributed by atoms with E-state index in [1.54, 1.807) is 0 Å². The molecule has 142 valence electrons. The van der Waals surface area contributed by atoms with E-state index in [0.717, 1.165) is 41.5 Å². The van der Waals surface area contributed by atoms with Gasteiger partial charge in [-0.3, -0.25) is 4.79 Å². The van der Waals surface area contributed by atoms with Gasteiger partial charge in [0.05, 0.1) is 17.6 Å². The molecule has 0 aliphatic carbocycles. The molecule has 2 aliphatic rings. The van der Waals surface area contributed by atoms with Crippen LogP contribution >= 0.6 is 11.6 Å². The van der Waals surface area contributed by atoms with Crippen molar-refractivity contribution in [1.29, 1.82) is 0 Å². The lowest BCUT2D eigenvalue weighted by molar-refractivity contribution is -0.130. The number of carbonyl (C=O) groups is 1. The van der Waals surface area contributed by atoms with Gasteiger partial charge in [0.15, 0.2) is 0 Å². The van der Waals surface area contributed by atoms with Crippen LogP contribution in [0.3, 0.4) is 0 Å². The molecule has 28 heavy (non-hydrogen) atoms. The fourth-order valence-corrected chi connectivity index (χ4v) is 4.82. The van der Waals surface area contributed by atoms with Crippen molar-refractivity contribution < 1.29 is 4.79 Å². The van der Waals surface area contributed by atoms with Crippen LogP contribution < -0.4 is 5.32 Å². The highest BCUT2D eigenvalue weighted by atomic mass is 35.5. The van der Waals surface area contributed by atoms with E-state index in [-0.39, 0.29) is 18.0 Å². The largest absolute Gasteiger partial charge is 0.378 e. The van der Waals surface area contributed by atoms with Crippen LogP contribution in [0, 0.1) is 6.92 Å². The lowest BCUT2D eigenvalue weighted by Crippen LogP contribution is -2.35. The summed E-state index contributed by atoms with van der Waals surface area (Å²) < 4.78 is 0. The molecule has 0 unspecified atom stereocenters. The van der Waals surface area contributed by atoms with Gasteiger partial charge in [0.2, 0.25) is 5.91 Å². The van der Waals surface area contributed by atoms with Gasteiger partial charge < -0.3 is 10.2 Å². The van der Waals surface area contributed by atoms with Gasteiger partial charge in [-0.25, -0.2) is 4.98 Å². The first kappa shape index (κ1) is 17.5. The molecule has 1 N–H and O–H groups in total. The van der Waals surface area contributed by atoms with Gasteiger partial charge in [-0.05, 0) is 49.6 Å². The summed E-state index contributed by atoms with van der Waals surface area (Å²) >= 11 is 6.61. The van der Waals surface area contributed by atoms with E-state index in [4.69, 9.17) is 11.6 Å². The van der Waals surface area contributed by atoms with Gasteiger partial charge in [0.1, 0.15) is 5.15 Å². The number of nitrogens with zero attached hydrogens (tertiary/aromatic N) is 2. The minimum absolute atomic E-state index is 0.0122. The summed E-state index contributed by atoms with van der Waals surface area (Å²) in [6.07, 6.45) is 2.38. The molecule has 2 aliphatic heterocycles. The first-order valence-electron chi connectivity index (χ1n) is 9.82. The number of pyridine rings is 1. The minimum atomic E-state index is 0.0122. The fraction of sp³-hybridized carbons (Fsp3) is 0.304. The Morgan fingerprint density at radius 3 is 2.82 bits per heavy atom. The smallest absolute Gasteiger partial charge is 0.223 e. The molecule has 0 spiro atoms. The monoisotopic (exact) mass is 391 g/mol. The molecule has 3 heterocycles. The second-order valence-corrected chi connectivity index (χ2v) is 8.15. The second-order valence-electron chi connectivity index (χ2n) is 7.79. The normalized spacial score (nSPS) is 21.6. The summed E-state index contributed by atoms with van der Waals surface area (Å²) in [4.78, 5) is 19.1. The van der Waals surface area contributed by atoms with Crippen LogP contribution in [0.15, 0.2) is 48.5 Å². The summed E-state index contributed by atoms with van der Waals surface area (Å²) in [6, 6.07) is 16.7. The first-order valence-corrected chi connectivity index (χ1v) is 10.2. The highest BCUT2D eigenvalue weighted by Crippen LogP contribution is 2.44. The number of hydrogen-bond donors (Lipinski definition) is 1. The molecule has 1 amide bonds. The van der Waals surface area contributed by atoms with E-state index in [9.17, 15) is 4.79 Å². The average Bonchev–Trinajstić information content (AvgIpc) is 3.12. The molecule has 2 aromatic carbocycles. The Bertz CT molecular complexity index is 1080. The molecular formula is C23H22ClN3O. The van der Waals surface area contributed by atoms with Crippen molar-refractivity contribution >= 4 is 34.1 Å². The number of nitrogens with one attached hydrogen (secondary N) is 1. The van der Waals surface area contributed by atoms with Crippen molar-refractivity contribution in [1.82, 2.24) is 9.88 Å². The lowest BCUT2D eigenvalue weighted by Gasteiger charge is -2.38. The van der Waals surface area contributed by atoms with Crippen LogP contribution in [0.2, 0.25) is 5.15 Å². The van der Waals surface area contributed by atoms with Gasteiger partial charge in [0, 0.05) is 29.6 Å². The second kappa shape index (κ2) is 6.78. The zero-order valence-corrected chi connectivity index (χ0v) is 16.5. The molecule has 0 radical (unpaired) electrons. The number of aryl methyl sites for hydroxylation is 1. The standard InChI is InChI=1S/C23H22ClN3O/c1-14-8-9-18-15(11-14)12-17(23(24)26-18)20-13-21(27-10-4-7-22(27)28)16-5-2-3-6-19(16)25-20/h2-3,5-6,8-9,11-12,20-21,25H,4,7,10,13H2,1H3/t20-,21-/m1/s1. The van der Waals surface area contributed by atoms with Crippen LogP contribution in [0.25, 0.3) is 10.9 Å². The third kappa shape index (κ3) is 2.92. The Labute approximate surface area is 169 Å². The Kier molecular flexibility index (Phi) is 4.24. The molecule has 3 aromatic rings. The highest BCUT2D eigenvalue weighted by molar-refractivity contribution is 6.30. The van der Waals surface area contributed by atoms with E-state index in [1.807, 2.05) is 23.1 Å². The van der Waals surface area contributed by atoms with Gasteiger partial charge >= 0.3 is 0 Å². The number of likely N-dealkylation sites (tertiary alicyclic amines) is 1. The van der Waals surface area contributed by atoms with E-state index >= 15 is 0 Å². The Morgan fingerprint density at radius 1 is 1.14 bits per heavy atom. The van der Waals surface area contributed by atoms with Crippen molar-refractivity contribution in [3.8, 4) is 0 Å². The predicted octanol–water partition coefficient (Wildman–Crippen LogP) is 5.42. The summed E-state index contributed by atoms with van der Waals surface area (Å²) in [5.74, 6) is 0.249. The predicted molar refractivity (Wildman–Crippen MR) is 113 cm³/mol. The van der Waals surface area contributed by atoms with E-state index in [0.29, 0.717) is 11.6 Å². The third-order valence-electron chi connectivity index (χ3n) is 5.92. The van der Waals surface area contributed by atoms with Gasteiger partial charge in [-0.1, -0.05) is 41.4 Å². The summed E-state index contributed by atoms with van der Waals surface area (Å²) in [5.41, 5.74) is 5.36. The summed E-state index contributed by atoms with van der Waals surface area (Å²) in [6.45, 7) is 2.91. The zero-order valence-electron chi connectivity index (χ0n) is 15.8. The molecule has 1 fully saturated rings. The van der Waals surface area contributed by atoms with Crippen LogP contribution in [0.5, 0.6) is 0 Å².